The molecule has 0 unspecified atom stereocenters. The summed E-state index contributed by atoms with van der Waals surface area (Å²) in [6.45, 7) is 0.965. The van der Waals surface area contributed by atoms with E-state index in [0.717, 1.165) is 0 Å². The fourth-order valence-corrected chi connectivity index (χ4v) is 1.08. The van der Waals surface area contributed by atoms with Crippen LogP contribution < -0.4 is 0 Å². The maximum atomic E-state index is 10.6. The zero-order valence-electron chi connectivity index (χ0n) is 7.21. The normalized spacial score (nSPS) is 33.0. The molecule has 0 amide bonds. The predicted molar refractivity (Wildman–Crippen MR) is 42.7 cm³/mol. The number of carbonyl (C=O) groups is 1. The van der Waals surface area contributed by atoms with Crippen molar-refractivity contribution < 1.29 is 24.5 Å². The Labute approximate surface area is 75.6 Å². The molecule has 1 aliphatic rings. The topological polar surface area (TPSA) is 76.0 Å². The number of carbonyl (C=O) groups excluding carboxylic acids is 1. The monoisotopic (exact) mass is 188 g/mol. The summed E-state index contributed by atoms with van der Waals surface area (Å²) in [4.78, 5) is 10.6. The molecule has 3 atom stereocenters. The lowest BCUT2D eigenvalue weighted by atomic mass is 10.1. The second-order valence-electron chi connectivity index (χ2n) is 2.71. The van der Waals surface area contributed by atoms with Crippen LogP contribution in [0, 0.1) is 0 Å². The van der Waals surface area contributed by atoms with Crippen LogP contribution in [0.2, 0.25) is 0 Å². The van der Waals surface area contributed by atoms with Crippen LogP contribution in [0.25, 0.3) is 0 Å². The van der Waals surface area contributed by atoms with E-state index in [4.69, 9.17) is 19.7 Å². The first-order chi connectivity index (χ1) is 6.13. The van der Waals surface area contributed by atoms with E-state index in [-0.39, 0.29) is 6.61 Å². The molecule has 1 heterocycles. The Morgan fingerprint density at radius 3 is 2.85 bits per heavy atom. The number of hydrogen-bond acceptors (Lipinski definition) is 5. The van der Waals surface area contributed by atoms with Gasteiger partial charge in [-0.2, -0.15) is 0 Å². The van der Waals surface area contributed by atoms with Crippen molar-refractivity contribution in [3.63, 3.8) is 0 Å². The van der Waals surface area contributed by atoms with E-state index in [2.05, 4.69) is 0 Å². The van der Waals surface area contributed by atoms with Crippen molar-refractivity contribution in [2.75, 3.05) is 6.61 Å². The molecular weight excluding hydrogens is 176 g/mol. The highest BCUT2D eigenvalue weighted by Gasteiger charge is 2.27. The van der Waals surface area contributed by atoms with Gasteiger partial charge in [0.25, 0.3) is 0 Å². The highest BCUT2D eigenvalue weighted by atomic mass is 16.6. The van der Waals surface area contributed by atoms with Crippen LogP contribution in [0.15, 0.2) is 12.2 Å². The van der Waals surface area contributed by atoms with E-state index in [1.165, 1.54) is 19.1 Å². The minimum atomic E-state index is -1.04. The summed E-state index contributed by atoms with van der Waals surface area (Å²) in [5, 5.41) is 17.8. The van der Waals surface area contributed by atoms with E-state index in [0.29, 0.717) is 0 Å². The fraction of sp³-hybridized carbons (Fsp3) is 0.625. The third-order valence-corrected chi connectivity index (χ3v) is 1.63. The van der Waals surface area contributed by atoms with Gasteiger partial charge in [-0.25, -0.2) is 0 Å². The summed E-state index contributed by atoms with van der Waals surface area (Å²) < 4.78 is 9.71. The maximum absolute atomic E-state index is 10.6. The first kappa shape index (κ1) is 10.2. The third kappa shape index (κ3) is 2.80. The van der Waals surface area contributed by atoms with E-state index in [1.807, 2.05) is 0 Å². The van der Waals surface area contributed by atoms with Gasteiger partial charge in [-0.15, -0.1) is 0 Å². The Morgan fingerprint density at radius 1 is 1.62 bits per heavy atom. The molecule has 1 aliphatic heterocycles. The summed E-state index contributed by atoms with van der Waals surface area (Å²) in [7, 11) is 0. The molecule has 0 aliphatic carbocycles. The summed E-state index contributed by atoms with van der Waals surface area (Å²) in [5.74, 6) is -0.451. The number of aliphatic hydroxyl groups excluding tert-OH is 2. The van der Waals surface area contributed by atoms with Crippen LogP contribution >= 0.6 is 0 Å². The molecule has 0 aromatic rings. The van der Waals surface area contributed by atoms with Crippen molar-refractivity contribution in [3.8, 4) is 0 Å². The average Bonchev–Trinajstić information content (AvgIpc) is 2.07. The molecule has 0 saturated heterocycles. The van der Waals surface area contributed by atoms with Gasteiger partial charge in [0.15, 0.2) is 6.29 Å². The van der Waals surface area contributed by atoms with Gasteiger partial charge < -0.3 is 19.7 Å². The molecule has 0 spiro atoms. The summed E-state index contributed by atoms with van der Waals surface area (Å²) in [5.41, 5.74) is 0. The van der Waals surface area contributed by atoms with E-state index < -0.39 is 24.5 Å². The number of esters is 1. The standard InChI is InChI=1S/C8H12O5/c1-5(10)12-6-2-3-8(11)13-7(6)4-9/h2-3,6-9,11H,4H2,1H3/t6-,7+,8-/m0/s1. The quantitative estimate of drug-likeness (QED) is 0.437. The van der Waals surface area contributed by atoms with Crippen LogP contribution in [0.3, 0.4) is 0 Å². The van der Waals surface area contributed by atoms with Gasteiger partial charge >= 0.3 is 5.97 Å². The van der Waals surface area contributed by atoms with Crippen molar-refractivity contribution in [3.05, 3.63) is 12.2 Å². The zero-order valence-corrected chi connectivity index (χ0v) is 7.21. The third-order valence-electron chi connectivity index (χ3n) is 1.63. The van der Waals surface area contributed by atoms with E-state index >= 15 is 0 Å². The Bertz CT molecular complexity index is 213. The Hall–Kier alpha value is -0.910. The van der Waals surface area contributed by atoms with Crippen LogP contribution in [0.5, 0.6) is 0 Å². The minimum Gasteiger partial charge on any atom is -0.455 e. The Kier molecular flexibility index (Phi) is 3.41. The Morgan fingerprint density at radius 2 is 2.31 bits per heavy atom. The lowest BCUT2D eigenvalue weighted by molar-refractivity contribution is -0.177. The van der Waals surface area contributed by atoms with Gasteiger partial charge in [0.2, 0.25) is 0 Å². The molecule has 1 rings (SSSR count). The van der Waals surface area contributed by atoms with Gasteiger partial charge in [-0.05, 0) is 12.2 Å². The second-order valence-corrected chi connectivity index (χ2v) is 2.71. The van der Waals surface area contributed by atoms with Crippen LogP contribution in [0.4, 0.5) is 0 Å². The fourth-order valence-electron chi connectivity index (χ4n) is 1.08. The summed E-state index contributed by atoms with van der Waals surface area (Å²) >= 11 is 0. The first-order valence-electron chi connectivity index (χ1n) is 3.93. The largest absolute Gasteiger partial charge is 0.455 e. The summed E-state index contributed by atoms with van der Waals surface area (Å²) in [6, 6.07) is 0. The summed E-state index contributed by atoms with van der Waals surface area (Å²) in [6.07, 6.45) is 0.509. The predicted octanol–water partition coefficient (Wildman–Crippen LogP) is -0.816. The first-order valence-corrected chi connectivity index (χ1v) is 3.93. The maximum Gasteiger partial charge on any atom is 0.303 e. The molecule has 74 valence electrons. The lowest BCUT2D eigenvalue weighted by Gasteiger charge is -2.28. The molecule has 0 radical (unpaired) electrons. The molecule has 13 heavy (non-hydrogen) atoms. The average molecular weight is 188 g/mol. The highest BCUT2D eigenvalue weighted by Crippen LogP contribution is 2.14. The van der Waals surface area contributed by atoms with E-state index in [1.54, 1.807) is 0 Å². The van der Waals surface area contributed by atoms with Crippen LogP contribution in [-0.2, 0) is 14.3 Å². The molecule has 0 saturated carbocycles. The Balaban J connectivity index is 2.59. The van der Waals surface area contributed by atoms with Gasteiger partial charge in [-0.1, -0.05) is 0 Å². The van der Waals surface area contributed by atoms with Crippen LogP contribution in [-0.4, -0.2) is 41.3 Å². The van der Waals surface area contributed by atoms with Gasteiger partial charge in [-0.3, -0.25) is 4.79 Å². The minimum absolute atomic E-state index is 0.306. The molecule has 0 bridgehead atoms. The van der Waals surface area contributed by atoms with Crippen molar-refractivity contribution in [1.29, 1.82) is 0 Å². The van der Waals surface area contributed by atoms with E-state index in [9.17, 15) is 4.79 Å². The molecule has 0 aromatic carbocycles. The second kappa shape index (κ2) is 4.36. The number of rotatable bonds is 2. The van der Waals surface area contributed by atoms with Gasteiger partial charge in [0.05, 0.1) is 6.61 Å². The molecular formula is C8H12O5. The van der Waals surface area contributed by atoms with Gasteiger partial charge in [0, 0.05) is 6.92 Å². The number of aliphatic hydroxyl groups is 2. The van der Waals surface area contributed by atoms with Crippen molar-refractivity contribution in [2.24, 2.45) is 0 Å². The van der Waals surface area contributed by atoms with Crippen LogP contribution in [0.1, 0.15) is 6.92 Å². The SMILES string of the molecule is CC(=O)O[C@H]1C=C[C@@H](O)O[C@@H]1CO. The molecule has 5 heteroatoms. The zero-order chi connectivity index (χ0) is 9.84. The molecule has 5 nitrogen and oxygen atoms in total. The van der Waals surface area contributed by atoms with Crippen molar-refractivity contribution in [1.82, 2.24) is 0 Å². The number of hydrogen-bond donors (Lipinski definition) is 2. The van der Waals surface area contributed by atoms with Crippen molar-refractivity contribution >= 4 is 5.97 Å². The van der Waals surface area contributed by atoms with Gasteiger partial charge in [0.1, 0.15) is 12.2 Å². The van der Waals surface area contributed by atoms with Crippen molar-refractivity contribution in [2.45, 2.75) is 25.4 Å². The highest BCUT2D eigenvalue weighted by molar-refractivity contribution is 5.66. The smallest absolute Gasteiger partial charge is 0.303 e. The molecule has 0 fully saturated rings. The molecule has 2 N–H and O–H groups in total. The number of ether oxygens (including phenoxy) is 2. The lowest BCUT2D eigenvalue weighted by Crippen LogP contribution is -2.40. The molecule has 0 aromatic heterocycles.